The highest BCUT2D eigenvalue weighted by atomic mass is 17.2. The van der Waals surface area contributed by atoms with Gasteiger partial charge < -0.3 is 10.1 Å². The fourth-order valence-electron chi connectivity index (χ4n) is 1.70. The lowest BCUT2D eigenvalue weighted by atomic mass is 9.94. The molecule has 1 aliphatic carbocycles. The van der Waals surface area contributed by atoms with Crippen molar-refractivity contribution in [1.29, 1.82) is 0 Å². The third-order valence-corrected chi connectivity index (χ3v) is 2.69. The number of allylic oxidation sites excluding steroid dienone is 2. The molecule has 0 aliphatic heterocycles. The van der Waals surface area contributed by atoms with E-state index in [9.17, 15) is 9.59 Å². The third kappa shape index (κ3) is 7.95. The number of ether oxygens (including phenoxy) is 1. The molecule has 23 heavy (non-hydrogen) atoms. The summed E-state index contributed by atoms with van der Waals surface area (Å²) in [5.41, 5.74) is -1.93. The smallest absolute Gasteiger partial charge is 0.407 e. The van der Waals surface area contributed by atoms with Gasteiger partial charge in [0.15, 0.2) is 5.78 Å². The Labute approximate surface area is 137 Å². The first-order valence-electron chi connectivity index (χ1n) is 7.67. The molecule has 6 heteroatoms. The lowest BCUT2D eigenvalue weighted by Crippen LogP contribution is -2.39. The number of ketones is 1. The fourth-order valence-corrected chi connectivity index (χ4v) is 1.70. The molecule has 0 aromatic carbocycles. The van der Waals surface area contributed by atoms with Crippen molar-refractivity contribution in [1.82, 2.24) is 5.32 Å². The number of amides is 1. The van der Waals surface area contributed by atoms with Gasteiger partial charge in [-0.05, 0) is 65.8 Å². The van der Waals surface area contributed by atoms with Gasteiger partial charge in [0.25, 0.3) is 0 Å². The van der Waals surface area contributed by atoms with E-state index in [0.29, 0.717) is 13.0 Å². The predicted molar refractivity (Wildman–Crippen MR) is 86.8 cm³/mol. The van der Waals surface area contributed by atoms with Crippen molar-refractivity contribution in [2.45, 2.75) is 64.8 Å². The predicted octanol–water partition coefficient (Wildman–Crippen LogP) is 3.08. The Kier molecular flexibility index (Phi) is 6.13. The lowest BCUT2D eigenvalue weighted by Gasteiger charge is -2.31. The molecule has 0 bridgehead atoms. The van der Waals surface area contributed by atoms with E-state index in [2.05, 4.69) is 5.32 Å². The molecule has 1 amide bonds. The molecule has 130 valence electrons. The van der Waals surface area contributed by atoms with Crippen molar-refractivity contribution in [3.63, 3.8) is 0 Å². The van der Waals surface area contributed by atoms with Crippen molar-refractivity contribution in [3.05, 3.63) is 24.3 Å². The summed E-state index contributed by atoms with van der Waals surface area (Å²) in [6.07, 6.45) is 6.04. The standard InChI is InChI=1S/C17H27NO5/c1-15(2,3)21-14(20)18-12-11-17(23-22-16(4,5)6)9-7-13(19)8-10-17/h7-10H,11-12H2,1-6H3,(H,18,20). The Morgan fingerprint density at radius 3 is 2.13 bits per heavy atom. The second-order valence-corrected chi connectivity index (χ2v) is 7.48. The van der Waals surface area contributed by atoms with E-state index in [1.165, 1.54) is 12.2 Å². The van der Waals surface area contributed by atoms with E-state index < -0.39 is 22.9 Å². The lowest BCUT2D eigenvalue weighted by molar-refractivity contribution is -0.384. The van der Waals surface area contributed by atoms with E-state index >= 15 is 0 Å². The van der Waals surface area contributed by atoms with Crippen LogP contribution in [0.25, 0.3) is 0 Å². The molecule has 0 fully saturated rings. The van der Waals surface area contributed by atoms with Gasteiger partial charge in [-0.3, -0.25) is 4.79 Å². The zero-order valence-electron chi connectivity index (χ0n) is 14.8. The molecule has 0 atom stereocenters. The maximum Gasteiger partial charge on any atom is 0.407 e. The fraction of sp³-hybridized carbons (Fsp3) is 0.647. The number of hydrogen-bond donors (Lipinski definition) is 1. The third-order valence-electron chi connectivity index (χ3n) is 2.69. The first-order chi connectivity index (χ1) is 10.4. The Morgan fingerprint density at radius 1 is 1.09 bits per heavy atom. The molecule has 0 aromatic rings. The van der Waals surface area contributed by atoms with Crippen LogP contribution in [0.5, 0.6) is 0 Å². The second-order valence-electron chi connectivity index (χ2n) is 7.48. The van der Waals surface area contributed by atoms with Crippen LogP contribution >= 0.6 is 0 Å². The van der Waals surface area contributed by atoms with Gasteiger partial charge >= 0.3 is 6.09 Å². The highest BCUT2D eigenvalue weighted by molar-refractivity contribution is 6.00. The summed E-state index contributed by atoms with van der Waals surface area (Å²) in [7, 11) is 0. The molecule has 0 heterocycles. The first-order valence-corrected chi connectivity index (χ1v) is 7.67. The maximum atomic E-state index is 11.7. The van der Waals surface area contributed by atoms with Gasteiger partial charge in [-0.1, -0.05) is 0 Å². The zero-order valence-corrected chi connectivity index (χ0v) is 14.8. The summed E-state index contributed by atoms with van der Waals surface area (Å²) in [5, 5.41) is 2.67. The average Bonchev–Trinajstić information content (AvgIpc) is 2.37. The van der Waals surface area contributed by atoms with Crippen LogP contribution in [0.3, 0.4) is 0 Å². The number of nitrogens with one attached hydrogen (secondary N) is 1. The van der Waals surface area contributed by atoms with Crippen molar-refractivity contribution in [3.8, 4) is 0 Å². The molecule has 0 radical (unpaired) electrons. The molecular weight excluding hydrogens is 298 g/mol. The molecule has 1 rings (SSSR count). The number of carbonyl (C=O) groups excluding carboxylic acids is 2. The van der Waals surface area contributed by atoms with E-state index in [1.807, 2.05) is 20.8 Å². The van der Waals surface area contributed by atoms with Crippen LogP contribution in [-0.4, -0.2) is 35.2 Å². The van der Waals surface area contributed by atoms with Gasteiger partial charge in [0.05, 0.1) is 5.60 Å². The summed E-state index contributed by atoms with van der Waals surface area (Å²) in [6.45, 7) is 11.3. The van der Waals surface area contributed by atoms with Crippen LogP contribution in [0, 0.1) is 0 Å². The first kappa shape index (κ1) is 19.4. The molecular formula is C17H27NO5. The van der Waals surface area contributed by atoms with Crippen LogP contribution in [0.2, 0.25) is 0 Å². The number of alkyl carbamates (subject to hydrolysis) is 1. The van der Waals surface area contributed by atoms with Crippen LogP contribution in [0.1, 0.15) is 48.0 Å². The van der Waals surface area contributed by atoms with Gasteiger partial charge in [-0.2, -0.15) is 0 Å². The summed E-state index contributed by atoms with van der Waals surface area (Å²) in [6, 6.07) is 0. The molecule has 0 saturated heterocycles. The largest absolute Gasteiger partial charge is 0.444 e. The van der Waals surface area contributed by atoms with Gasteiger partial charge in [0, 0.05) is 13.0 Å². The Morgan fingerprint density at radius 2 is 1.65 bits per heavy atom. The molecule has 0 saturated carbocycles. The minimum atomic E-state index is -0.893. The minimum absolute atomic E-state index is 0.111. The Hall–Kier alpha value is -1.66. The SMILES string of the molecule is CC(C)(C)OOC1(CCNC(=O)OC(C)(C)C)C=CC(=O)C=C1. The minimum Gasteiger partial charge on any atom is -0.444 e. The van der Waals surface area contributed by atoms with Crippen molar-refractivity contribution >= 4 is 11.9 Å². The summed E-state index contributed by atoms with van der Waals surface area (Å²) >= 11 is 0. The van der Waals surface area contributed by atoms with Crippen molar-refractivity contribution in [2.24, 2.45) is 0 Å². The van der Waals surface area contributed by atoms with Crippen LogP contribution < -0.4 is 5.32 Å². The number of carbonyl (C=O) groups is 2. The highest BCUT2D eigenvalue weighted by Crippen LogP contribution is 2.26. The normalized spacial score (nSPS) is 17.2. The quantitative estimate of drug-likeness (QED) is 0.621. The van der Waals surface area contributed by atoms with Gasteiger partial charge in [-0.15, -0.1) is 0 Å². The molecule has 0 unspecified atom stereocenters. The number of hydrogen-bond acceptors (Lipinski definition) is 5. The molecule has 6 nitrogen and oxygen atoms in total. The summed E-state index contributed by atoms with van der Waals surface area (Å²) in [5.74, 6) is -0.111. The topological polar surface area (TPSA) is 73.9 Å². The van der Waals surface area contributed by atoms with E-state index in [4.69, 9.17) is 14.5 Å². The monoisotopic (exact) mass is 325 g/mol. The van der Waals surface area contributed by atoms with Gasteiger partial charge in [0.2, 0.25) is 0 Å². The van der Waals surface area contributed by atoms with Gasteiger partial charge in [0.1, 0.15) is 11.2 Å². The van der Waals surface area contributed by atoms with Crippen LogP contribution in [0.15, 0.2) is 24.3 Å². The van der Waals surface area contributed by atoms with Gasteiger partial charge in [-0.25, -0.2) is 14.6 Å². The average molecular weight is 325 g/mol. The summed E-state index contributed by atoms with van der Waals surface area (Å²) < 4.78 is 5.18. The van der Waals surface area contributed by atoms with E-state index in [1.54, 1.807) is 32.9 Å². The molecule has 1 aliphatic rings. The van der Waals surface area contributed by atoms with Crippen molar-refractivity contribution < 1.29 is 24.1 Å². The van der Waals surface area contributed by atoms with E-state index in [0.717, 1.165) is 0 Å². The second kappa shape index (κ2) is 7.27. The highest BCUT2D eigenvalue weighted by Gasteiger charge is 2.31. The van der Waals surface area contributed by atoms with E-state index in [-0.39, 0.29) is 5.78 Å². The number of rotatable bonds is 5. The zero-order chi connectivity index (χ0) is 17.7. The molecule has 0 spiro atoms. The van der Waals surface area contributed by atoms with Crippen LogP contribution in [0.4, 0.5) is 4.79 Å². The Balaban J connectivity index is 2.61. The molecule has 0 aromatic heterocycles. The molecule has 1 N–H and O–H groups in total. The summed E-state index contributed by atoms with van der Waals surface area (Å²) in [4.78, 5) is 33.9. The maximum absolute atomic E-state index is 11.7. The van der Waals surface area contributed by atoms with Crippen molar-refractivity contribution in [2.75, 3.05) is 6.54 Å². The Bertz CT molecular complexity index is 478. The van der Waals surface area contributed by atoms with Crippen LogP contribution in [-0.2, 0) is 19.3 Å².